The van der Waals surface area contributed by atoms with E-state index >= 15 is 0 Å². The average molecular weight is 286 g/mol. The first-order valence-corrected chi connectivity index (χ1v) is 7.28. The molecule has 4 heteroatoms. The summed E-state index contributed by atoms with van der Waals surface area (Å²) in [4.78, 5) is 4.34. The molecule has 4 nitrogen and oxygen atoms in total. The summed E-state index contributed by atoms with van der Waals surface area (Å²) in [6, 6.07) is 13.9. The van der Waals surface area contributed by atoms with Crippen molar-refractivity contribution in [2.24, 2.45) is 0 Å². The van der Waals surface area contributed by atoms with Crippen molar-refractivity contribution in [2.45, 2.75) is 26.5 Å². The lowest BCUT2D eigenvalue weighted by atomic mass is 10.2. The number of pyridine rings is 1. The Morgan fingerprint density at radius 1 is 1.10 bits per heavy atom. The second-order valence-electron chi connectivity index (χ2n) is 4.76. The number of nitrogens with zero attached hydrogens (tertiary/aromatic N) is 1. The van der Waals surface area contributed by atoms with Gasteiger partial charge in [0.15, 0.2) is 6.79 Å². The molecule has 1 aromatic heterocycles. The molecule has 1 N–H and O–H groups in total. The first-order chi connectivity index (χ1) is 10.4. The molecule has 1 heterocycles. The van der Waals surface area contributed by atoms with Crippen LogP contribution in [0.4, 0.5) is 0 Å². The minimum Gasteiger partial charge on any atom is -0.466 e. The van der Waals surface area contributed by atoms with Crippen LogP contribution < -0.4 is 10.1 Å². The molecule has 0 spiro atoms. The van der Waals surface area contributed by atoms with E-state index in [4.69, 9.17) is 9.47 Å². The molecular formula is C17H22N2O2. The third-order valence-electron chi connectivity index (χ3n) is 2.95. The van der Waals surface area contributed by atoms with Gasteiger partial charge in [-0.15, -0.1) is 0 Å². The van der Waals surface area contributed by atoms with Crippen LogP contribution in [0.25, 0.3) is 0 Å². The highest BCUT2D eigenvalue weighted by atomic mass is 16.7. The van der Waals surface area contributed by atoms with Crippen LogP contribution in [-0.4, -0.2) is 18.3 Å². The van der Waals surface area contributed by atoms with Crippen LogP contribution in [0.3, 0.4) is 0 Å². The fourth-order valence-electron chi connectivity index (χ4n) is 1.84. The maximum Gasteiger partial charge on any atom is 0.189 e. The highest BCUT2D eigenvalue weighted by molar-refractivity contribution is 5.19. The van der Waals surface area contributed by atoms with E-state index in [1.807, 2.05) is 42.5 Å². The van der Waals surface area contributed by atoms with Gasteiger partial charge in [-0.1, -0.05) is 37.3 Å². The van der Waals surface area contributed by atoms with Crippen LogP contribution in [0.15, 0.2) is 48.7 Å². The quantitative estimate of drug-likeness (QED) is 0.568. The van der Waals surface area contributed by atoms with Gasteiger partial charge in [0.1, 0.15) is 5.75 Å². The SMILES string of the molecule is CCCNCc1ccc(OCOCc2ccccc2)cn1. The maximum absolute atomic E-state index is 5.50. The molecule has 2 rings (SSSR count). The van der Waals surface area contributed by atoms with E-state index < -0.39 is 0 Å². The summed E-state index contributed by atoms with van der Waals surface area (Å²) in [5, 5.41) is 3.31. The summed E-state index contributed by atoms with van der Waals surface area (Å²) < 4.78 is 11.0. The first-order valence-electron chi connectivity index (χ1n) is 7.28. The molecule has 0 fully saturated rings. The molecule has 0 saturated heterocycles. The predicted octanol–water partition coefficient (Wildman–Crippen LogP) is 3.13. The van der Waals surface area contributed by atoms with Gasteiger partial charge in [0.25, 0.3) is 0 Å². The molecule has 0 aliphatic rings. The molecule has 0 bridgehead atoms. The molecular weight excluding hydrogens is 264 g/mol. The van der Waals surface area contributed by atoms with Crippen LogP contribution >= 0.6 is 0 Å². The van der Waals surface area contributed by atoms with Crippen LogP contribution in [0.1, 0.15) is 24.6 Å². The molecule has 0 atom stereocenters. The summed E-state index contributed by atoms with van der Waals surface area (Å²) >= 11 is 0. The van der Waals surface area contributed by atoms with E-state index in [2.05, 4.69) is 17.2 Å². The van der Waals surface area contributed by atoms with Crippen LogP contribution in [0.5, 0.6) is 5.75 Å². The number of hydrogen-bond acceptors (Lipinski definition) is 4. The number of benzene rings is 1. The van der Waals surface area contributed by atoms with Crippen molar-refractivity contribution in [2.75, 3.05) is 13.3 Å². The van der Waals surface area contributed by atoms with Crippen LogP contribution in [-0.2, 0) is 17.9 Å². The zero-order valence-electron chi connectivity index (χ0n) is 12.4. The highest BCUT2D eigenvalue weighted by Gasteiger charge is 1.97. The number of nitrogens with one attached hydrogen (secondary N) is 1. The van der Waals surface area contributed by atoms with Crippen molar-refractivity contribution >= 4 is 0 Å². The molecule has 0 unspecified atom stereocenters. The summed E-state index contributed by atoms with van der Waals surface area (Å²) in [6.45, 7) is 4.72. The first kappa shape index (κ1) is 15.5. The van der Waals surface area contributed by atoms with Gasteiger partial charge in [0.2, 0.25) is 0 Å². The second-order valence-corrected chi connectivity index (χ2v) is 4.76. The highest BCUT2D eigenvalue weighted by Crippen LogP contribution is 2.09. The minimum atomic E-state index is 0.226. The summed E-state index contributed by atoms with van der Waals surface area (Å²) in [7, 11) is 0. The van der Waals surface area contributed by atoms with Gasteiger partial charge >= 0.3 is 0 Å². The minimum absolute atomic E-state index is 0.226. The third-order valence-corrected chi connectivity index (χ3v) is 2.95. The van der Waals surface area contributed by atoms with Crippen LogP contribution in [0.2, 0.25) is 0 Å². The Labute approximate surface area is 126 Å². The fraction of sp³-hybridized carbons (Fsp3) is 0.353. The molecule has 0 aliphatic heterocycles. The van der Waals surface area contributed by atoms with Gasteiger partial charge < -0.3 is 14.8 Å². The number of aromatic nitrogens is 1. The van der Waals surface area contributed by atoms with Gasteiger partial charge in [-0.2, -0.15) is 0 Å². The van der Waals surface area contributed by atoms with E-state index in [1.165, 1.54) is 0 Å². The predicted molar refractivity (Wildman–Crippen MR) is 83.0 cm³/mol. The van der Waals surface area contributed by atoms with Crippen molar-refractivity contribution in [3.63, 3.8) is 0 Å². The Hall–Kier alpha value is -1.91. The lowest BCUT2D eigenvalue weighted by molar-refractivity contribution is 0.00483. The summed E-state index contributed by atoms with van der Waals surface area (Å²) in [5.74, 6) is 0.724. The maximum atomic E-state index is 5.50. The van der Waals surface area contributed by atoms with Gasteiger partial charge in [0, 0.05) is 6.54 Å². The van der Waals surface area contributed by atoms with E-state index in [0.717, 1.165) is 36.5 Å². The summed E-state index contributed by atoms with van der Waals surface area (Å²) in [6.07, 6.45) is 2.86. The van der Waals surface area contributed by atoms with Crippen molar-refractivity contribution in [3.05, 3.63) is 59.9 Å². The van der Waals surface area contributed by atoms with Crippen molar-refractivity contribution in [1.82, 2.24) is 10.3 Å². The van der Waals surface area contributed by atoms with Crippen molar-refractivity contribution < 1.29 is 9.47 Å². The number of hydrogen-bond donors (Lipinski definition) is 1. The average Bonchev–Trinajstić information content (AvgIpc) is 2.54. The number of rotatable bonds is 9. The van der Waals surface area contributed by atoms with Gasteiger partial charge in [-0.05, 0) is 30.7 Å². The Kier molecular flexibility index (Phi) is 6.71. The molecule has 0 radical (unpaired) electrons. The molecule has 112 valence electrons. The molecule has 0 saturated carbocycles. The second kappa shape index (κ2) is 9.10. The van der Waals surface area contributed by atoms with Crippen LogP contribution in [0, 0.1) is 0 Å². The lowest BCUT2D eigenvalue weighted by Gasteiger charge is -2.08. The van der Waals surface area contributed by atoms with E-state index in [9.17, 15) is 0 Å². The molecule has 0 aliphatic carbocycles. The van der Waals surface area contributed by atoms with Gasteiger partial charge in [-0.25, -0.2) is 0 Å². The van der Waals surface area contributed by atoms with Gasteiger partial charge in [0.05, 0.1) is 18.5 Å². The van der Waals surface area contributed by atoms with E-state index in [0.29, 0.717) is 6.61 Å². The Bertz CT molecular complexity index is 500. The lowest BCUT2D eigenvalue weighted by Crippen LogP contribution is -2.14. The summed E-state index contributed by atoms with van der Waals surface area (Å²) in [5.41, 5.74) is 2.15. The standard InChI is InChI=1S/C17H22N2O2/c1-2-10-18-11-16-8-9-17(12-19-16)21-14-20-13-15-6-4-3-5-7-15/h3-9,12,18H,2,10-11,13-14H2,1H3. The molecule has 2 aromatic rings. The fourth-order valence-corrected chi connectivity index (χ4v) is 1.84. The molecule has 0 amide bonds. The monoisotopic (exact) mass is 286 g/mol. The zero-order chi connectivity index (χ0) is 14.8. The zero-order valence-corrected chi connectivity index (χ0v) is 12.4. The molecule has 21 heavy (non-hydrogen) atoms. The normalized spacial score (nSPS) is 10.5. The Morgan fingerprint density at radius 3 is 2.67 bits per heavy atom. The van der Waals surface area contributed by atoms with Crippen molar-refractivity contribution in [3.8, 4) is 5.75 Å². The van der Waals surface area contributed by atoms with Gasteiger partial charge in [-0.3, -0.25) is 4.98 Å². The Balaban J connectivity index is 1.66. The largest absolute Gasteiger partial charge is 0.466 e. The third kappa shape index (κ3) is 5.94. The smallest absolute Gasteiger partial charge is 0.189 e. The van der Waals surface area contributed by atoms with Crippen molar-refractivity contribution in [1.29, 1.82) is 0 Å². The molecule has 1 aromatic carbocycles. The Morgan fingerprint density at radius 2 is 1.95 bits per heavy atom. The number of ether oxygens (including phenoxy) is 2. The topological polar surface area (TPSA) is 43.4 Å². The van der Waals surface area contributed by atoms with E-state index in [-0.39, 0.29) is 6.79 Å². The van der Waals surface area contributed by atoms with E-state index in [1.54, 1.807) is 6.20 Å².